The van der Waals surface area contributed by atoms with Gasteiger partial charge in [-0.15, -0.1) is 0 Å². The molecule has 108 valence electrons. The molecular formula is C16H21NO3. The molecule has 2 atom stereocenters. The number of hydrogen-bond donors (Lipinski definition) is 1. The fourth-order valence-electron chi connectivity index (χ4n) is 3.61. The van der Waals surface area contributed by atoms with E-state index in [1.807, 2.05) is 30.3 Å². The summed E-state index contributed by atoms with van der Waals surface area (Å²) in [5.41, 5.74) is 0.623. The van der Waals surface area contributed by atoms with Crippen LogP contribution in [-0.4, -0.2) is 34.8 Å². The molecular weight excluding hydrogens is 254 g/mol. The fraction of sp³-hybridized carbons (Fsp3) is 0.562. The summed E-state index contributed by atoms with van der Waals surface area (Å²) in [6, 6.07) is 9.69. The van der Waals surface area contributed by atoms with Gasteiger partial charge in [0, 0.05) is 6.54 Å². The molecule has 0 radical (unpaired) electrons. The predicted octanol–water partition coefficient (Wildman–Crippen LogP) is 2.56. The normalized spacial score (nSPS) is 28.4. The highest BCUT2D eigenvalue weighted by molar-refractivity contribution is 5.69. The van der Waals surface area contributed by atoms with E-state index >= 15 is 0 Å². The van der Waals surface area contributed by atoms with Crippen LogP contribution in [0.2, 0.25) is 0 Å². The van der Waals surface area contributed by atoms with Crippen LogP contribution in [-0.2, 0) is 11.3 Å². The summed E-state index contributed by atoms with van der Waals surface area (Å²) in [7, 11) is 0. The number of amides is 1. The van der Waals surface area contributed by atoms with Gasteiger partial charge in [0.05, 0.1) is 12.1 Å². The van der Waals surface area contributed by atoms with E-state index in [4.69, 9.17) is 4.74 Å². The van der Waals surface area contributed by atoms with Crippen LogP contribution in [0, 0.1) is 5.92 Å². The van der Waals surface area contributed by atoms with E-state index in [0.29, 0.717) is 12.5 Å². The lowest BCUT2D eigenvalue weighted by molar-refractivity contribution is 0.0312. The van der Waals surface area contributed by atoms with Gasteiger partial charge in [-0.3, -0.25) is 4.90 Å². The molecule has 0 unspecified atom stereocenters. The van der Waals surface area contributed by atoms with E-state index in [1.165, 1.54) is 0 Å². The van der Waals surface area contributed by atoms with Gasteiger partial charge >= 0.3 is 6.09 Å². The van der Waals surface area contributed by atoms with Crippen LogP contribution < -0.4 is 0 Å². The van der Waals surface area contributed by atoms with Gasteiger partial charge in [0.15, 0.2) is 0 Å². The topological polar surface area (TPSA) is 49.8 Å². The first-order valence-corrected chi connectivity index (χ1v) is 7.33. The van der Waals surface area contributed by atoms with E-state index in [-0.39, 0.29) is 18.2 Å². The Hall–Kier alpha value is -1.55. The molecule has 1 N–H and O–H groups in total. The summed E-state index contributed by atoms with van der Waals surface area (Å²) in [6.07, 6.45) is 3.77. The molecule has 2 fully saturated rings. The average Bonchev–Trinajstić information content (AvgIpc) is 2.77. The first kappa shape index (κ1) is 13.4. The van der Waals surface area contributed by atoms with E-state index in [0.717, 1.165) is 37.8 Å². The van der Waals surface area contributed by atoms with Crippen molar-refractivity contribution in [3.8, 4) is 0 Å². The number of aliphatic hydroxyl groups excluding tert-OH is 1. The second-order valence-electron chi connectivity index (χ2n) is 6.00. The molecule has 4 nitrogen and oxygen atoms in total. The minimum absolute atomic E-state index is 0.0456. The number of aliphatic hydroxyl groups is 1. The molecule has 2 bridgehead atoms. The second kappa shape index (κ2) is 5.44. The Balaban J connectivity index is 1.65. The standard InChI is InChI=1S/C16H21NO3/c18-12-16-8-4-7-14(9-16)10-17(16)15(19)20-11-13-5-2-1-3-6-13/h1-3,5-6,14,18H,4,7-12H2/t14-,16+/m0/s1. The minimum Gasteiger partial charge on any atom is -0.445 e. The number of nitrogens with zero attached hydrogens (tertiary/aromatic N) is 1. The summed E-state index contributed by atoms with van der Waals surface area (Å²) < 4.78 is 5.42. The van der Waals surface area contributed by atoms with Crippen LogP contribution in [0.15, 0.2) is 30.3 Å². The Morgan fingerprint density at radius 1 is 1.40 bits per heavy atom. The first-order chi connectivity index (χ1) is 9.73. The molecule has 4 heteroatoms. The lowest BCUT2D eigenvalue weighted by Crippen LogP contribution is -2.50. The molecule has 20 heavy (non-hydrogen) atoms. The molecule has 1 aliphatic carbocycles. The van der Waals surface area contributed by atoms with E-state index in [9.17, 15) is 9.90 Å². The van der Waals surface area contributed by atoms with Crippen LogP contribution in [0.25, 0.3) is 0 Å². The number of ether oxygens (including phenoxy) is 1. The molecule has 0 aromatic heterocycles. The molecule has 1 aliphatic heterocycles. The number of carbonyl (C=O) groups is 1. The number of rotatable bonds is 3. The number of benzene rings is 1. The van der Waals surface area contributed by atoms with Crippen molar-refractivity contribution in [1.82, 2.24) is 4.90 Å². The van der Waals surface area contributed by atoms with Crippen LogP contribution in [0.1, 0.15) is 31.2 Å². The maximum absolute atomic E-state index is 12.3. The molecule has 1 saturated heterocycles. The predicted molar refractivity (Wildman–Crippen MR) is 75.1 cm³/mol. The Labute approximate surface area is 119 Å². The zero-order chi connectivity index (χ0) is 14.0. The van der Waals surface area contributed by atoms with Crippen LogP contribution in [0.4, 0.5) is 4.79 Å². The van der Waals surface area contributed by atoms with Gasteiger partial charge in [0.1, 0.15) is 6.61 Å². The molecule has 1 aromatic rings. The van der Waals surface area contributed by atoms with Crippen molar-refractivity contribution in [2.45, 2.75) is 37.8 Å². The number of fused-ring (bicyclic) bond motifs is 2. The summed E-state index contributed by atoms with van der Waals surface area (Å²) in [6.45, 7) is 1.07. The highest BCUT2D eigenvalue weighted by Crippen LogP contribution is 2.43. The van der Waals surface area contributed by atoms with E-state index in [1.54, 1.807) is 4.90 Å². The molecule has 1 heterocycles. The van der Waals surface area contributed by atoms with Gasteiger partial charge in [-0.2, -0.15) is 0 Å². The Morgan fingerprint density at radius 3 is 2.95 bits per heavy atom. The maximum Gasteiger partial charge on any atom is 0.410 e. The maximum atomic E-state index is 12.3. The summed E-state index contributed by atoms with van der Waals surface area (Å²) in [5.74, 6) is 0.528. The lowest BCUT2D eigenvalue weighted by atomic mass is 9.80. The van der Waals surface area contributed by atoms with Gasteiger partial charge in [-0.05, 0) is 30.7 Å². The van der Waals surface area contributed by atoms with Crippen molar-refractivity contribution >= 4 is 6.09 Å². The third-order valence-corrected chi connectivity index (χ3v) is 4.66. The molecule has 1 aromatic carbocycles. The van der Waals surface area contributed by atoms with Gasteiger partial charge in [0.2, 0.25) is 0 Å². The SMILES string of the molecule is O=C(OCc1ccccc1)N1C[C@H]2CCC[C@]1(CO)C2. The number of likely N-dealkylation sites (tertiary alicyclic amines) is 1. The summed E-state index contributed by atoms with van der Waals surface area (Å²) >= 11 is 0. The Bertz CT molecular complexity index is 476. The fourth-order valence-corrected chi connectivity index (χ4v) is 3.61. The monoisotopic (exact) mass is 275 g/mol. The molecule has 3 rings (SSSR count). The highest BCUT2D eigenvalue weighted by atomic mass is 16.6. The van der Waals surface area contributed by atoms with Gasteiger partial charge in [-0.1, -0.05) is 36.8 Å². The largest absolute Gasteiger partial charge is 0.445 e. The van der Waals surface area contributed by atoms with E-state index < -0.39 is 0 Å². The van der Waals surface area contributed by atoms with E-state index in [2.05, 4.69) is 0 Å². The van der Waals surface area contributed by atoms with Crippen molar-refractivity contribution in [3.63, 3.8) is 0 Å². The second-order valence-corrected chi connectivity index (χ2v) is 6.00. The smallest absolute Gasteiger partial charge is 0.410 e. The van der Waals surface area contributed by atoms with Crippen LogP contribution in [0.5, 0.6) is 0 Å². The summed E-state index contributed by atoms with van der Waals surface area (Å²) in [5, 5.41) is 9.72. The minimum atomic E-state index is -0.364. The van der Waals surface area contributed by atoms with Gasteiger partial charge in [-0.25, -0.2) is 4.79 Å². The molecule has 0 spiro atoms. The molecule has 1 saturated carbocycles. The quantitative estimate of drug-likeness (QED) is 0.922. The van der Waals surface area contributed by atoms with Crippen molar-refractivity contribution in [1.29, 1.82) is 0 Å². The van der Waals surface area contributed by atoms with Crippen molar-refractivity contribution < 1.29 is 14.6 Å². The third-order valence-electron chi connectivity index (χ3n) is 4.66. The lowest BCUT2D eigenvalue weighted by Gasteiger charge is -2.37. The zero-order valence-corrected chi connectivity index (χ0v) is 11.6. The van der Waals surface area contributed by atoms with Crippen molar-refractivity contribution in [2.75, 3.05) is 13.2 Å². The molecule has 1 amide bonds. The first-order valence-electron chi connectivity index (χ1n) is 7.33. The highest BCUT2D eigenvalue weighted by Gasteiger charge is 2.50. The van der Waals surface area contributed by atoms with Gasteiger partial charge in [0.25, 0.3) is 0 Å². The van der Waals surface area contributed by atoms with Crippen molar-refractivity contribution in [2.24, 2.45) is 5.92 Å². The third kappa shape index (κ3) is 2.40. The molecule has 2 aliphatic rings. The van der Waals surface area contributed by atoms with Gasteiger partial charge < -0.3 is 9.84 Å². The van der Waals surface area contributed by atoms with Crippen LogP contribution >= 0.6 is 0 Å². The summed E-state index contributed by atoms with van der Waals surface area (Å²) in [4.78, 5) is 14.1. The zero-order valence-electron chi connectivity index (χ0n) is 11.6. The van der Waals surface area contributed by atoms with Crippen LogP contribution in [0.3, 0.4) is 0 Å². The average molecular weight is 275 g/mol. The number of carbonyl (C=O) groups excluding carboxylic acids is 1. The number of hydrogen-bond acceptors (Lipinski definition) is 3. The Morgan fingerprint density at radius 2 is 2.20 bits per heavy atom. The Kier molecular flexibility index (Phi) is 3.66. The van der Waals surface area contributed by atoms with Crippen molar-refractivity contribution in [3.05, 3.63) is 35.9 Å².